The van der Waals surface area contributed by atoms with Crippen LogP contribution in [-0.2, 0) is 0 Å². The highest BCUT2D eigenvalue weighted by Gasteiger charge is 2.44. The number of rotatable bonds is 2. The number of aliphatic hydroxyl groups is 1. The van der Waals surface area contributed by atoms with Crippen LogP contribution in [0, 0.1) is 6.57 Å². The van der Waals surface area contributed by atoms with Crippen molar-refractivity contribution >= 4 is 0 Å². The quantitative estimate of drug-likeness (QED) is 0.627. The van der Waals surface area contributed by atoms with Crippen LogP contribution >= 0.6 is 0 Å². The monoisotopic (exact) mass is 167 g/mol. The van der Waals surface area contributed by atoms with Crippen molar-refractivity contribution in [1.29, 1.82) is 0 Å². The minimum absolute atomic E-state index is 0.407. The fourth-order valence-electron chi connectivity index (χ4n) is 2.06. The van der Waals surface area contributed by atoms with Crippen molar-refractivity contribution < 1.29 is 5.11 Å². The van der Waals surface area contributed by atoms with Crippen LogP contribution in [0.25, 0.3) is 4.85 Å². The van der Waals surface area contributed by atoms with Gasteiger partial charge in [-0.25, -0.2) is 6.57 Å². The lowest BCUT2D eigenvalue weighted by atomic mass is 9.77. The maximum absolute atomic E-state index is 9.72. The van der Waals surface area contributed by atoms with E-state index in [1.807, 2.05) is 6.92 Å². The molecule has 1 rings (SSSR count). The lowest BCUT2D eigenvalue weighted by Gasteiger charge is -2.29. The number of nitrogens with zero attached hydrogens (tertiary/aromatic N) is 1. The topological polar surface area (TPSA) is 24.6 Å². The average molecular weight is 167 g/mol. The summed E-state index contributed by atoms with van der Waals surface area (Å²) < 4.78 is 0. The van der Waals surface area contributed by atoms with Crippen LogP contribution in [0.1, 0.15) is 45.4 Å². The van der Waals surface area contributed by atoms with Gasteiger partial charge < -0.3 is 9.95 Å². The van der Waals surface area contributed by atoms with E-state index in [9.17, 15) is 5.11 Å². The zero-order chi connectivity index (χ0) is 9.03. The average Bonchev–Trinajstić information content (AvgIpc) is 2.17. The van der Waals surface area contributed by atoms with Crippen molar-refractivity contribution in [1.82, 2.24) is 0 Å². The molecule has 12 heavy (non-hydrogen) atoms. The Balaban J connectivity index is 2.67. The third-order valence-electron chi connectivity index (χ3n) is 2.95. The smallest absolute Gasteiger partial charge is 0.257 e. The lowest BCUT2D eigenvalue weighted by Crippen LogP contribution is -2.40. The highest BCUT2D eigenvalue weighted by atomic mass is 16.3. The minimum atomic E-state index is -0.424. The molecular formula is C10H17NO. The van der Waals surface area contributed by atoms with E-state index < -0.39 is 11.6 Å². The molecule has 0 aliphatic heterocycles. The van der Waals surface area contributed by atoms with Gasteiger partial charge in [0.1, 0.15) is 6.10 Å². The summed E-state index contributed by atoms with van der Waals surface area (Å²) in [6, 6.07) is 0. The van der Waals surface area contributed by atoms with E-state index in [4.69, 9.17) is 6.57 Å². The molecule has 0 aromatic carbocycles. The molecule has 1 aliphatic rings. The summed E-state index contributed by atoms with van der Waals surface area (Å²) in [5.41, 5.74) is -0.424. The summed E-state index contributed by atoms with van der Waals surface area (Å²) in [7, 11) is 0. The zero-order valence-electron chi connectivity index (χ0n) is 7.71. The van der Waals surface area contributed by atoms with Crippen molar-refractivity contribution in [2.24, 2.45) is 0 Å². The Hall–Kier alpha value is -0.550. The number of hydrogen-bond acceptors (Lipinski definition) is 1. The van der Waals surface area contributed by atoms with Gasteiger partial charge in [0.05, 0.1) is 0 Å². The first-order valence-corrected chi connectivity index (χ1v) is 4.82. The number of hydrogen-bond donors (Lipinski definition) is 1. The Labute approximate surface area is 74.4 Å². The molecule has 2 heteroatoms. The molecule has 1 aliphatic carbocycles. The Kier molecular flexibility index (Phi) is 3.11. The third-order valence-corrected chi connectivity index (χ3v) is 2.95. The molecule has 1 unspecified atom stereocenters. The highest BCUT2D eigenvalue weighted by molar-refractivity contribution is 5.05. The predicted octanol–water partition coefficient (Wildman–Crippen LogP) is 2.38. The highest BCUT2D eigenvalue weighted by Crippen LogP contribution is 2.35. The van der Waals surface area contributed by atoms with Crippen LogP contribution < -0.4 is 0 Å². The van der Waals surface area contributed by atoms with E-state index in [0.717, 1.165) is 25.7 Å². The van der Waals surface area contributed by atoms with Gasteiger partial charge in [-0.1, -0.05) is 13.3 Å². The molecule has 0 amide bonds. The van der Waals surface area contributed by atoms with Gasteiger partial charge in [0.25, 0.3) is 5.54 Å². The van der Waals surface area contributed by atoms with Crippen LogP contribution in [0.15, 0.2) is 0 Å². The molecule has 2 nitrogen and oxygen atoms in total. The van der Waals surface area contributed by atoms with E-state index in [0.29, 0.717) is 6.42 Å². The van der Waals surface area contributed by atoms with Gasteiger partial charge in [0, 0.05) is 12.8 Å². The van der Waals surface area contributed by atoms with Crippen LogP contribution in [0.4, 0.5) is 0 Å². The molecular weight excluding hydrogens is 150 g/mol. The largest absolute Gasteiger partial charge is 0.385 e. The second-order valence-electron chi connectivity index (χ2n) is 3.70. The summed E-state index contributed by atoms with van der Waals surface area (Å²) in [5, 5.41) is 9.72. The summed E-state index contributed by atoms with van der Waals surface area (Å²) in [6.45, 7) is 9.09. The molecule has 1 fully saturated rings. The summed E-state index contributed by atoms with van der Waals surface area (Å²) in [5.74, 6) is 0. The van der Waals surface area contributed by atoms with E-state index in [2.05, 4.69) is 4.85 Å². The molecule has 1 saturated carbocycles. The van der Waals surface area contributed by atoms with E-state index >= 15 is 0 Å². The summed E-state index contributed by atoms with van der Waals surface area (Å²) in [6.07, 6.45) is 5.54. The van der Waals surface area contributed by atoms with E-state index in [-0.39, 0.29) is 0 Å². The van der Waals surface area contributed by atoms with Crippen LogP contribution in [-0.4, -0.2) is 16.7 Å². The molecule has 0 saturated heterocycles. The molecule has 1 atom stereocenters. The maximum Gasteiger partial charge on any atom is 0.257 e. The fraction of sp³-hybridized carbons (Fsp3) is 0.900. The molecule has 1 N–H and O–H groups in total. The van der Waals surface area contributed by atoms with Gasteiger partial charge in [-0.2, -0.15) is 0 Å². The summed E-state index contributed by atoms with van der Waals surface area (Å²) >= 11 is 0. The second kappa shape index (κ2) is 3.91. The van der Waals surface area contributed by atoms with Gasteiger partial charge in [-0.3, -0.25) is 0 Å². The second-order valence-corrected chi connectivity index (χ2v) is 3.70. The normalized spacial score (nSPS) is 24.4. The maximum atomic E-state index is 9.72. The zero-order valence-corrected chi connectivity index (χ0v) is 7.71. The van der Waals surface area contributed by atoms with E-state index in [1.165, 1.54) is 6.42 Å². The van der Waals surface area contributed by atoms with Crippen LogP contribution in [0.2, 0.25) is 0 Å². The first-order valence-electron chi connectivity index (χ1n) is 4.82. The van der Waals surface area contributed by atoms with Gasteiger partial charge in [-0.15, -0.1) is 0 Å². The molecule has 0 spiro atoms. The van der Waals surface area contributed by atoms with Crippen molar-refractivity contribution in [2.75, 3.05) is 0 Å². The van der Waals surface area contributed by atoms with Gasteiger partial charge in [0.2, 0.25) is 0 Å². The number of aliphatic hydroxyl groups excluding tert-OH is 1. The van der Waals surface area contributed by atoms with E-state index in [1.54, 1.807) is 0 Å². The molecule has 0 bridgehead atoms. The third kappa shape index (κ3) is 1.61. The Morgan fingerprint density at radius 3 is 2.42 bits per heavy atom. The van der Waals surface area contributed by atoms with Crippen molar-refractivity contribution in [3.05, 3.63) is 11.4 Å². The standard InChI is InChI=1S/C10H17NO/c1-3-9(12)10(11-2)7-5-4-6-8-10/h9,12H,3-8H2,1H3. The molecule has 0 aromatic heterocycles. The molecule has 68 valence electrons. The minimum Gasteiger partial charge on any atom is -0.385 e. The van der Waals surface area contributed by atoms with Crippen LogP contribution in [0.3, 0.4) is 0 Å². The predicted molar refractivity (Wildman–Crippen MR) is 48.7 cm³/mol. The summed E-state index contributed by atoms with van der Waals surface area (Å²) in [4.78, 5) is 3.65. The van der Waals surface area contributed by atoms with Crippen molar-refractivity contribution in [3.8, 4) is 0 Å². The Morgan fingerprint density at radius 2 is 2.00 bits per heavy atom. The van der Waals surface area contributed by atoms with Crippen LogP contribution in [0.5, 0.6) is 0 Å². The lowest BCUT2D eigenvalue weighted by molar-refractivity contribution is 0.0790. The molecule has 0 heterocycles. The van der Waals surface area contributed by atoms with Gasteiger partial charge in [-0.05, 0) is 19.3 Å². The SMILES string of the molecule is [C-]#[N+]C1(C(O)CC)CCCCC1. The fourth-order valence-corrected chi connectivity index (χ4v) is 2.06. The first kappa shape index (κ1) is 9.54. The molecule has 0 aromatic rings. The Bertz CT molecular complexity index is 177. The molecule has 0 radical (unpaired) electrons. The van der Waals surface area contributed by atoms with Gasteiger partial charge in [0.15, 0.2) is 0 Å². The first-order chi connectivity index (χ1) is 5.75. The Morgan fingerprint density at radius 1 is 1.42 bits per heavy atom. The van der Waals surface area contributed by atoms with Crippen molar-refractivity contribution in [3.63, 3.8) is 0 Å². The van der Waals surface area contributed by atoms with Gasteiger partial charge >= 0.3 is 0 Å². The van der Waals surface area contributed by atoms with Crippen molar-refractivity contribution in [2.45, 2.75) is 57.1 Å².